The van der Waals surface area contributed by atoms with E-state index in [2.05, 4.69) is 4.98 Å². The maximum absolute atomic E-state index is 13.8. The zero-order valence-corrected chi connectivity index (χ0v) is 11.7. The van der Waals surface area contributed by atoms with Crippen molar-refractivity contribution >= 4 is 11.8 Å². The van der Waals surface area contributed by atoms with Gasteiger partial charge in [0.25, 0.3) is 5.88 Å². The number of rotatable bonds is 4. The Morgan fingerprint density at radius 1 is 1.33 bits per heavy atom. The molecule has 1 aromatic heterocycles. The number of nitrogens with zero attached hydrogens (tertiary/aromatic N) is 2. The topological polar surface area (TPSA) is 71.9 Å². The number of aliphatic carboxylic acids is 1. The maximum Gasteiger partial charge on any atom is 0.336 e. The number of ether oxygens (including phenoxy) is 2. The molecule has 0 amide bonds. The highest BCUT2D eigenvalue weighted by molar-refractivity contribution is 5.78. The Labute approximate surface area is 120 Å². The number of halogens is 2. The van der Waals surface area contributed by atoms with E-state index in [4.69, 9.17) is 9.47 Å². The zero-order chi connectivity index (χ0) is 15.6. The van der Waals surface area contributed by atoms with Crippen molar-refractivity contribution in [1.82, 2.24) is 4.98 Å². The Morgan fingerprint density at radius 2 is 1.95 bits per heavy atom. The van der Waals surface area contributed by atoms with Crippen LogP contribution >= 0.6 is 0 Å². The molecule has 2 heterocycles. The van der Waals surface area contributed by atoms with E-state index in [1.807, 2.05) is 0 Å². The summed E-state index contributed by atoms with van der Waals surface area (Å²) in [6.45, 7) is 0.470. The molecule has 1 saturated heterocycles. The van der Waals surface area contributed by atoms with E-state index in [0.29, 0.717) is 6.07 Å². The Morgan fingerprint density at radius 3 is 2.43 bits per heavy atom. The van der Waals surface area contributed by atoms with Crippen LogP contribution in [0, 0.1) is 11.6 Å². The molecule has 2 rings (SSSR count). The molecule has 21 heavy (non-hydrogen) atoms. The molecule has 0 aromatic carbocycles. The number of carbonyl (C=O) groups is 1. The van der Waals surface area contributed by atoms with E-state index in [1.165, 1.54) is 14.2 Å². The van der Waals surface area contributed by atoms with Crippen LogP contribution in [0.25, 0.3) is 0 Å². The van der Waals surface area contributed by atoms with E-state index in [0.717, 1.165) is 0 Å². The van der Waals surface area contributed by atoms with Gasteiger partial charge in [-0.15, -0.1) is 0 Å². The molecule has 116 valence electrons. The lowest BCUT2D eigenvalue weighted by Gasteiger charge is -2.38. The number of hydrogen-bond acceptors (Lipinski definition) is 5. The summed E-state index contributed by atoms with van der Waals surface area (Å²) in [6, 6.07) is 0.705. The molecule has 1 fully saturated rings. The van der Waals surface area contributed by atoms with Crippen molar-refractivity contribution in [1.29, 1.82) is 0 Å². The monoisotopic (exact) mass is 302 g/mol. The van der Waals surface area contributed by atoms with Crippen molar-refractivity contribution in [3.63, 3.8) is 0 Å². The first-order chi connectivity index (χ1) is 9.93. The molecular weight excluding hydrogens is 286 g/mol. The molecule has 6 nitrogen and oxygen atoms in total. The van der Waals surface area contributed by atoms with Gasteiger partial charge < -0.3 is 19.5 Å². The van der Waals surface area contributed by atoms with Gasteiger partial charge in [0.1, 0.15) is 0 Å². The van der Waals surface area contributed by atoms with E-state index in [-0.39, 0.29) is 37.6 Å². The minimum atomic E-state index is -1.27. The van der Waals surface area contributed by atoms with Gasteiger partial charge in [-0.25, -0.2) is 13.6 Å². The fourth-order valence-corrected chi connectivity index (χ4v) is 2.39. The Bertz CT molecular complexity index is 545. The number of aromatic nitrogens is 1. The predicted molar refractivity (Wildman–Crippen MR) is 69.5 cm³/mol. The molecule has 0 unspecified atom stereocenters. The Hall–Kier alpha value is -1.96. The van der Waals surface area contributed by atoms with Crippen molar-refractivity contribution in [3.05, 3.63) is 17.7 Å². The Balaban J connectivity index is 2.21. The zero-order valence-electron chi connectivity index (χ0n) is 11.7. The second-order valence-corrected chi connectivity index (χ2v) is 4.78. The lowest BCUT2D eigenvalue weighted by molar-refractivity contribution is -0.164. The smallest absolute Gasteiger partial charge is 0.336 e. The number of pyridine rings is 1. The number of methoxy groups -OCH3 is 2. The lowest BCUT2D eigenvalue weighted by Crippen LogP contribution is -2.51. The molecule has 1 aliphatic heterocycles. The van der Waals surface area contributed by atoms with E-state index in [9.17, 15) is 18.7 Å². The van der Waals surface area contributed by atoms with E-state index < -0.39 is 23.2 Å². The average Bonchev–Trinajstić information content (AvgIpc) is 2.47. The van der Waals surface area contributed by atoms with Crippen LogP contribution in [0.15, 0.2) is 6.07 Å². The summed E-state index contributed by atoms with van der Waals surface area (Å²) in [5.41, 5.74) is -1.27. The summed E-state index contributed by atoms with van der Waals surface area (Å²) in [4.78, 5) is 16.6. The first-order valence-electron chi connectivity index (χ1n) is 6.37. The van der Waals surface area contributed by atoms with Gasteiger partial charge in [-0.1, -0.05) is 0 Å². The van der Waals surface area contributed by atoms with Crippen LogP contribution in [0.3, 0.4) is 0 Å². The van der Waals surface area contributed by atoms with Crippen molar-refractivity contribution < 1.29 is 28.2 Å². The minimum absolute atomic E-state index is 0.0525. The molecule has 1 aromatic rings. The number of hydrogen-bond donors (Lipinski definition) is 1. The summed E-state index contributed by atoms with van der Waals surface area (Å²) in [6.07, 6.45) is 0.360. The van der Waals surface area contributed by atoms with E-state index >= 15 is 0 Å². The number of anilines is 1. The van der Waals surface area contributed by atoms with Gasteiger partial charge in [0.05, 0.1) is 7.11 Å². The molecule has 8 heteroatoms. The number of piperidine rings is 1. The lowest BCUT2D eigenvalue weighted by atomic mass is 9.91. The molecular formula is C13H16F2N2O4. The number of carboxylic acids is 1. The van der Waals surface area contributed by atoms with Crippen molar-refractivity contribution in [2.24, 2.45) is 0 Å². The molecule has 0 radical (unpaired) electrons. The summed E-state index contributed by atoms with van der Waals surface area (Å²) in [5, 5.41) is 9.22. The quantitative estimate of drug-likeness (QED) is 0.907. The highest BCUT2D eigenvalue weighted by Crippen LogP contribution is 2.31. The van der Waals surface area contributed by atoms with Gasteiger partial charge in [0.2, 0.25) is 0 Å². The first-order valence-corrected chi connectivity index (χ1v) is 6.37. The van der Waals surface area contributed by atoms with Crippen molar-refractivity contribution in [2.45, 2.75) is 18.4 Å². The highest BCUT2D eigenvalue weighted by atomic mass is 19.1. The van der Waals surface area contributed by atoms with Gasteiger partial charge in [-0.2, -0.15) is 4.98 Å². The highest BCUT2D eigenvalue weighted by Gasteiger charge is 2.42. The predicted octanol–water partition coefficient (Wildman–Crippen LogP) is 1.44. The van der Waals surface area contributed by atoms with Gasteiger partial charge in [-0.05, 0) is 0 Å². The minimum Gasteiger partial charge on any atom is -0.479 e. The normalized spacial score (nSPS) is 17.6. The van der Waals surface area contributed by atoms with Crippen molar-refractivity contribution in [2.75, 3.05) is 32.2 Å². The molecule has 0 aliphatic carbocycles. The summed E-state index contributed by atoms with van der Waals surface area (Å²) in [5.74, 6) is -3.09. The van der Waals surface area contributed by atoms with Crippen LogP contribution in [-0.2, 0) is 9.53 Å². The van der Waals surface area contributed by atoms with Gasteiger partial charge in [0.15, 0.2) is 23.1 Å². The van der Waals surface area contributed by atoms with Crippen molar-refractivity contribution in [3.8, 4) is 5.88 Å². The molecule has 0 spiro atoms. The average molecular weight is 302 g/mol. The fourth-order valence-electron chi connectivity index (χ4n) is 2.39. The third-order valence-electron chi connectivity index (χ3n) is 3.72. The molecule has 0 atom stereocenters. The fraction of sp³-hybridized carbons (Fsp3) is 0.538. The van der Waals surface area contributed by atoms with Crippen LogP contribution < -0.4 is 9.64 Å². The van der Waals surface area contributed by atoms with Crippen LogP contribution in [0.2, 0.25) is 0 Å². The van der Waals surface area contributed by atoms with Gasteiger partial charge in [0, 0.05) is 39.1 Å². The summed E-state index contributed by atoms with van der Waals surface area (Å²) < 4.78 is 37.0. The second-order valence-electron chi connectivity index (χ2n) is 4.78. The third-order valence-corrected chi connectivity index (χ3v) is 3.72. The van der Waals surface area contributed by atoms with E-state index in [1.54, 1.807) is 4.90 Å². The number of carboxylic acid groups (broad SMARTS) is 1. The molecule has 1 aliphatic rings. The van der Waals surface area contributed by atoms with Crippen LogP contribution in [0.4, 0.5) is 14.6 Å². The van der Waals surface area contributed by atoms with Crippen LogP contribution in [0.1, 0.15) is 12.8 Å². The van der Waals surface area contributed by atoms with Crippen LogP contribution in [0.5, 0.6) is 5.88 Å². The summed E-state index contributed by atoms with van der Waals surface area (Å²) >= 11 is 0. The largest absolute Gasteiger partial charge is 0.479 e. The Kier molecular flexibility index (Phi) is 4.26. The standard InChI is InChI=1S/C13H16F2N2O4/c1-20-11-9(15)7-8(14)10(16-11)17-5-3-13(21-2,4-6-17)12(18)19/h7H,3-6H2,1-2H3,(H,18,19). The third kappa shape index (κ3) is 2.76. The van der Waals surface area contributed by atoms with Gasteiger partial charge in [-0.3, -0.25) is 0 Å². The molecule has 0 bridgehead atoms. The SMILES string of the molecule is COc1nc(N2CCC(OC)(C(=O)O)CC2)c(F)cc1F. The second kappa shape index (κ2) is 5.80. The van der Waals surface area contributed by atoms with Crippen LogP contribution in [-0.4, -0.2) is 49.0 Å². The maximum atomic E-state index is 13.8. The molecule has 0 saturated carbocycles. The summed E-state index contributed by atoms with van der Waals surface area (Å²) in [7, 11) is 2.58. The molecule has 1 N–H and O–H groups in total. The van der Waals surface area contributed by atoms with Gasteiger partial charge >= 0.3 is 5.97 Å². The first kappa shape index (κ1) is 15.4.